The summed E-state index contributed by atoms with van der Waals surface area (Å²) in [6, 6.07) is 11.4. The van der Waals surface area contributed by atoms with Crippen LogP contribution in [0.15, 0.2) is 41.4 Å². The quantitative estimate of drug-likeness (QED) is 0.456. The van der Waals surface area contributed by atoms with Crippen LogP contribution in [0.1, 0.15) is 5.56 Å². The van der Waals surface area contributed by atoms with Gasteiger partial charge in [-0.2, -0.15) is 0 Å². The summed E-state index contributed by atoms with van der Waals surface area (Å²) < 4.78 is 27.1. The Morgan fingerprint density at radius 3 is 2.41 bits per heavy atom. The molecular formula is C19H21N3O5. The summed E-state index contributed by atoms with van der Waals surface area (Å²) in [5, 5.41) is 6.48. The highest BCUT2D eigenvalue weighted by Gasteiger charge is 2.14. The summed E-state index contributed by atoms with van der Waals surface area (Å²) in [4.78, 5) is 4.21. The molecule has 2 aromatic rings. The van der Waals surface area contributed by atoms with Crippen molar-refractivity contribution in [2.24, 2.45) is 4.99 Å². The van der Waals surface area contributed by atoms with Crippen molar-refractivity contribution in [2.75, 3.05) is 33.8 Å². The molecule has 142 valence electrons. The zero-order chi connectivity index (χ0) is 18.5. The van der Waals surface area contributed by atoms with Crippen LogP contribution in [0.4, 0.5) is 0 Å². The largest absolute Gasteiger partial charge is 0.492 e. The van der Waals surface area contributed by atoms with Gasteiger partial charge in [0.25, 0.3) is 0 Å². The molecule has 2 aromatic carbocycles. The number of nitrogens with zero attached hydrogens (tertiary/aromatic N) is 1. The molecule has 0 radical (unpaired) electrons. The topological polar surface area (TPSA) is 82.6 Å². The monoisotopic (exact) mass is 371 g/mol. The van der Waals surface area contributed by atoms with Gasteiger partial charge in [0, 0.05) is 19.7 Å². The maximum Gasteiger partial charge on any atom is 0.231 e. The first-order chi connectivity index (χ1) is 13.3. The minimum absolute atomic E-state index is 0.256. The predicted molar refractivity (Wildman–Crippen MR) is 98.8 cm³/mol. The van der Waals surface area contributed by atoms with Gasteiger partial charge in [-0.15, -0.1) is 0 Å². The molecule has 0 saturated carbocycles. The highest BCUT2D eigenvalue weighted by Crippen LogP contribution is 2.35. The van der Waals surface area contributed by atoms with Crippen LogP contribution in [0, 0.1) is 0 Å². The van der Waals surface area contributed by atoms with Gasteiger partial charge in [0.15, 0.2) is 29.0 Å². The number of ether oxygens (including phenoxy) is 5. The zero-order valence-electron chi connectivity index (χ0n) is 15.0. The van der Waals surface area contributed by atoms with Gasteiger partial charge in [-0.3, -0.25) is 4.99 Å². The van der Waals surface area contributed by atoms with E-state index in [0.717, 1.165) is 28.6 Å². The number of hydrogen-bond donors (Lipinski definition) is 2. The van der Waals surface area contributed by atoms with Crippen LogP contribution in [0.3, 0.4) is 0 Å². The lowest BCUT2D eigenvalue weighted by Crippen LogP contribution is -2.38. The number of nitrogens with one attached hydrogen (secondary N) is 2. The van der Waals surface area contributed by atoms with E-state index in [2.05, 4.69) is 15.6 Å². The molecule has 0 bridgehead atoms. The Kier molecular flexibility index (Phi) is 5.04. The Balaban J connectivity index is 1.20. The smallest absolute Gasteiger partial charge is 0.231 e. The maximum atomic E-state index is 5.73. The highest BCUT2D eigenvalue weighted by atomic mass is 16.7. The molecule has 0 aromatic heterocycles. The maximum absolute atomic E-state index is 5.73. The molecule has 0 unspecified atom stereocenters. The fourth-order valence-electron chi connectivity index (χ4n) is 2.76. The average molecular weight is 371 g/mol. The van der Waals surface area contributed by atoms with E-state index in [0.29, 0.717) is 31.4 Å². The fourth-order valence-corrected chi connectivity index (χ4v) is 2.76. The van der Waals surface area contributed by atoms with E-state index < -0.39 is 0 Å². The molecule has 4 rings (SSSR count). The molecule has 0 spiro atoms. The first-order valence-corrected chi connectivity index (χ1v) is 8.67. The Morgan fingerprint density at radius 1 is 0.926 bits per heavy atom. The van der Waals surface area contributed by atoms with Crippen LogP contribution in [0.5, 0.6) is 28.7 Å². The summed E-state index contributed by atoms with van der Waals surface area (Å²) in [6.07, 6.45) is 0. The third-order valence-electron chi connectivity index (χ3n) is 4.13. The number of rotatable bonds is 6. The van der Waals surface area contributed by atoms with Gasteiger partial charge in [-0.25, -0.2) is 0 Å². The molecular weight excluding hydrogens is 350 g/mol. The summed E-state index contributed by atoms with van der Waals surface area (Å²) in [5.74, 6) is 4.44. The number of aliphatic imine (C=N–C) groups is 1. The van der Waals surface area contributed by atoms with Crippen LogP contribution < -0.4 is 34.3 Å². The summed E-state index contributed by atoms with van der Waals surface area (Å²) in [6.45, 7) is 2.25. The molecule has 8 heteroatoms. The average Bonchev–Trinajstić information content (AvgIpc) is 3.35. The van der Waals surface area contributed by atoms with Crippen LogP contribution in [0.2, 0.25) is 0 Å². The van der Waals surface area contributed by atoms with Crippen molar-refractivity contribution in [3.05, 3.63) is 42.0 Å². The SMILES string of the molecule is CN=C(NCCOc1ccc2c(c1)OCO2)NCc1ccc2c(c1)OCO2. The van der Waals surface area contributed by atoms with E-state index in [4.69, 9.17) is 23.7 Å². The highest BCUT2D eigenvalue weighted by molar-refractivity contribution is 5.79. The molecule has 2 aliphatic rings. The van der Waals surface area contributed by atoms with Gasteiger partial charge in [-0.1, -0.05) is 6.07 Å². The molecule has 27 heavy (non-hydrogen) atoms. The molecule has 0 aliphatic carbocycles. The van der Waals surface area contributed by atoms with Gasteiger partial charge in [0.05, 0.1) is 6.54 Å². The lowest BCUT2D eigenvalue weighted by Gasteiger charge is -2.13. The Hall–Kier alpha value is -3.29. The minimum Gasteiger partial charge on any atom is -0.492 e. The van der Waals surface area contributed by atoms with Crippen molar-refractivity contribution in [3.63, 3.8) is 0 Å². The first-order valence-electron chi connectivity index (χ1n) is 8.67. The van der Waals surface area contributed by atoms with Crippen LogP contribution in [-0.4, -0.2) is 39.7 Å². The molecule has 0 atom stereocenters. The summed E-state index contributed by atoms with van der Waals surface area (Å²) in [5.41, 5.74) is 1.08. The second-order valence-corrected chi connectivity index (χ2v) is 5.90. The molecule has 0 fully saturated rings. The number of benzene rings is 2. The van der Waals surface area contributed by atoms with Gasteiger partial charge >= 0.3 is 0 Å². The molecule has 8 nitrogen and oxygen atoms in total. The van der Waals surface area contributed by atoms with Crippen LogP contribution in [0.25, 0.3) is 0 Å². The lowest BCUT2D eigenvalue weighted by atomic mass is 10.2. The van der Waals surface area contributed by atoms with Crippen molar-refractivity contribution in [2.45, 2.75) is 6.54 Å². The zero-order valence-corrected chi connectivity index (χ0v) is 15.0. The Bertz CT molecular complexity index is 840. The number of fused-ring (bicyclic) bond motifs is 2. The van der Waals surface area contributed by atoms with E-state index in [1.165, 1.54) is 0 Å². The Labute approximate surface area is 157 Å². The van der Waals surface area contributed by atoms with Crippen LogP contribution in [-0.2, 0) is 6.54 Å². The minimum atomic E-state index is 0.256. The van der Waals surface area contributed by atoms with Crippen molar-refractivity contribution in [3.8, 4) is 28.7 Å². The predicted octanol–water partition coefficient (Wildman–Crippen LogP) is 1.89. The van der Waals surface area contributed by atoms with E-state index in [1.54, 1.807) is 7.05 Å². The second kappa shape index (κ2) is 7.94. The van der Waals surface area contributed by atoms with Gasteiger partial charge in [0.1, 0.15) is 12.4 Å². The van der Waals surface area contributed by atoms with Crippen molar-refractivity contribution in [1.29, 1.82) is 0 Å². The molecule has 0 amide bonds. The third kappa shape index (κ3) is 4.11. The van der Waals surface area contributed by atoms with Crippen molar-refractivity contribution < 1.29 is 23.7 Å². The second-order valence-electron chi connectivity index (χ2n) is 5.90. The van der Waals surface area contributed by atoms with E-state index in [-0.39, 0.29) is 13.6 Å². The van der Waals surface area contributed by atoms with E-state index in [1.807, 2.05) is 36.4 Å². The normalized spacial score (nSPS) is 14.2. The number of guanidine groups is 1. The molecule has 0 saturated heterocycles. The van der Waals surface area contributed by atoms with Gasteiger partial charge in [-0.05, 0) is 29.8 Å². The van der Waals surface area contributed by atoms with Gasteiger partial charge in [0.2, 0.25) is 13.6 Å². The van der Waals surface area contributed by atoms with Crippen molar-refractivity contribution >= 4 is 5.96 Å². The standard InChI is InChI=1S/C19H21N3O5/c1-20-19(22-10-13-2-4-15-17(8-13)26-11-24-15)21-6-7-23-14-3-5-16-18(9-14)27-12-25-16/h2-5,8-9H,6-7,10-12H2,1H3,(H2,20,21,22). The van der Waals surface area contributed by atoms with Crippen LogP contribution >= 0.6 is 0 Å². The molecule has 2 heterocycles. The fraction of sp³-hybridized carbons (Fsp3) is 0.316. The number of hydrogen-bond acceptors (Lipinski definition) is 6. The first kappa shape index (κ1) is 17.1. The van der Waals surface area contributed by atoms with E-state index >= 15 is 0 Å². The Morgan fingerprint density at radius 2 is 1.63 bits per heavy atom. The summed E-state index contributed by atoms with van der Waals surface area (Å²) in [7, 11) is 1.73. The lowest BCUT2D eigenvalue weighted by molar-refractivity contribution is 0.173. The summed E-state index contributed by atoms with van der Waals surface area (Å²) >= 11 is 0. The van der Waals surface area contributed by atoms with E-state index in [9.17, 15) is 0 Å². The molecule has 2 N–H and O–H groups in total. The third-order valence-corrected chi connectivity index (χ3v) is 4.13. The molecule has 2 aliphatic heterocycles. The van der Waals surface area contributed by atoms with Crippen molar-refractivity contribution in [1.82, 2.24) is 10.6 Å². The van der Waals surface area contributed by atoms with Gasteiger partial charge < -0.3 is 34.3 Å².